The van der Waals surface area contributed by atoms with Gasteiger partial charge >= 0.3 is 0 Å². The van der Waals surface area contributed by atoms with Gasteiger partial charge in [0.15, 0.2) is 0 Å². The first kappa shape index (κ1) is 12.9. The second kappa shape index (κ2) is 5.38. The molecule has 0 atom stereocenters. The highest BCUT2D eigenvalue weighted by atomic mass is 16.6. The van der Waals surface area contributed by atoms with Gasteiger partial charge in [0.1, 0.15) is 11.4 Å². The van der Waals surface area contributed by atoms with Gasteiger partial charge in [0, 0.05) is 38.2 Å². The van der Waals surface area contributed by atoms with Crippen LogP contribution in [0.3, 0.4) is 0 Å². The number of nitrogens with zero attached hydrogens (tertiary/aromatic N) is 3. The Morgan fingerprint density at radius 3 is 2.61 bits per heavy atom. The summed E-state index contributed by atoms with van der Waals surface area (Å²) in [6, 6.07) is 6.83. The van der Waals surface area contributed by atoms with Crippen molar-refractivity contribution < 1.29 is 4.84 Å². The average Bonchev–Trinajstić information content (AvgIpc) is 2.37. The third kappa shape index (κ3) is 3.72. The van der Waals surface area contributed by atoms with Crippen LogP contribution in [0, 0.1) is 6.07 Å². The zero-order valence-electron chi connectivity index (χ0n) is 11.3. The number of rotatable bonds is 2. The number of hydrogen-bond donors (Lipinski definition) is 0. The number of aromatic nitrogens is 1. The van der Waals surface area contributed by atoms with Gasteiger partial charge in [-0.1, -0.05) is 5.16 Å². The molecule has 1 radical (unpaired) electrons. The molecule has 18 heavy (non-hydrogen) atoms. The Bertz CT molecular complexity index is 399. The molecule has 0 amide bonds. The van der Waals surface area contributed by atoms with Gasteiger partial charge < -0.3 is 9.74 Å². The fourth-order valence-corrected chi connectivity index (χ4v) is 1.79. The minimum absolute atomic E-state index is 0.207. The number of anilines is 1. The van der Waals surface area contributed by atoms with Crippen LogP contribution < -0.4 is 4.90 Å². The van der Waals surface area contributed by atoms with Crippen molar-refractivity contribution in [2.45, 2.75) is 39.2 Å². The Labute approximate surface area is 109 Å². The lowest BCUT2D eigenvalue weighted by atomic mass is 10.1. The van der Waals surface area contributed by atoms with E-state index in [9.17, 15) is 0 Å². The van der Waals surface area contributed by atoms with Gasteiger partial charge in [-0.15, -0.1) is 0 Å². The molecule has 0 saturated carbocycles. The maximum Gasteiger partial charge on any atom is 0.129 e. The smallest absolute Gasteiger partial charge is 0.129 e. The van der Waals surface area contributed by atoms with Gasteiger partial charge in [0.2, 0.25) is 0 Å². The van der Waals surface area contributed by atoms with Crippen LogP contribution in [0.25, 0.3) is 0 Å². The van der Waals surface area contributed by atoms with Crippen molar-refractivity contribution in [3.05, 3.63) is 24.4 Å². The second-order valence-electron chi connectivity index (χ2n) is 5.46. The Morgan fingerprint density at radius 2 is 2.06 bits per heavy atom. The van der Waals surface area contributed by atoms with Crippen molar-refractivity contribution in [3.63, 3.8) is 0 Å². The van der Waals surface area contributed by atoms with Gasteiger partial charge in [0.25, 0.3) is 0 Å². The van der Waals surface area contributed by atoms with E-state index in [2.05, 4.69) is 21.1 Å². The molecule has 0 spiro atoms. The minimum atomic E-state index is -0.207. The monoisotopic (exact) mass is 246 g/mol. The van der Waals surface area contributed by atoms with Crippen molar-refractivity contribution in [2.75, 3.05) is 18.0 Å². The van der Waals surface area contributed by atoms with E-state index in [1.165, 1.54) is 0 Å². The zero-order chi connectivity index (χ0) is 13.0. The van der Waals surface area contributed by atoms with Crippen LogP contribution in [0.5, 0.6) is 0 Å². The summed E-state index contributed by atoms with van der Waals surface area (Å²) < 4.78 is 0. The van der Waals surface area contributed by atoms with E-state index < -0.39 is 0 Å². The Kier molecular flexibility index (Phi) is 3.84. The molecule has 0 N–H and O–H groups in total. The molecule has 97 valence electrons. The number of piperidine rings is 1. The Morgan fingerprint density at radius 1 is 1.33 bits per heavy atom. The summed E-state index contributed by atoms with van der Waals surface area (Å²) >= 11 is 0. The van der Waals surface area contributed by atoms with Gasteiger partial charge in [-0.05, 0) is 32.9 Å². The van der Waals surface area contributed by atoms with Gasteiger partial charge in [-0.3, -0.25) is 0 Å². The van der Waals surface area contributed by atoms with Gasteiger partial charge in [-0.2, -0.15) is 0 Å². The molecule has 2 rings (SSSR count). The van der Waals surface area contributed by atoms with E-state index in [0.717, 1.165) is 37.5 Å². The molecule has 1 saturated heterocycles. The average molecular weight is 246 g/mol. The van der Waals surface area contributed by atoms with Crippen molar-refractivity contribution >= 4 is 11.5 Å². The number of hydrogen-bond acceptors (Lipinski definition) is 4. The highest BCUT2D eigenvalue weighted by molar-refractivity contribution is 5.86. The molecular weight excluding hydrogens is 226 g/mol. The first-order valence-corrected chi connectivity index (χ1v) is 6.35. The molecule has 0 bridgehead atoms. The van der Waals surface area contributed by atoms with E-state index in [4.69, 9.17) is 4.84 Å². The molecule has 0 aromatic carbocycles. The molecule has 4 heteroatoms. The highest BCUT2D eigenvalue weighted by Gasteiger charge is 2.18. The molecule has 1 aromatic rings. The molecule has 4 nitrogen and oxygen atoms in total. The van der Waals surface area contributed by atoms with Crippen LogP contribution >= 0.6 is 0 Å². The standard InChI is InChI=1S/C14H20N3O/c1-14(2,3)18-16-12-7-10-17(11-8-12)13-6-4-5-9-15-13/h4,6,9H,7-8,10-11H2,1-3H3. The number of pyridine rings is 1. The topological polar surface area (TPSA) is 37.7 Å². The molecule has 1 fully saturated rings. The van der Waals surface area contributed by atoms with Crippen LogP contribution in [0.2, 0.25) is 0 Å². The molecule has 0 unspecified atom stereocenters. The van der Waals surface area contributed by atoms with Crippen LogP contribution in [0.15, 0.2) is 23.5 Å². The predicted molar refractivity (Wildman–Crippen MR) is 72.8 cm³/mol. The van der Waals surface area contributed by atoms with E-state index in [-0.39, 0.29) is 5.60 Å². The van der Waals surface area contributed by atoms with Crippen LogP contribution in [0.1, 0.15) is 33.6 Å². The lowest BCUT2D eigenvalue weighted by Gasteiger charge is -2.28. The third-order valence-electron chi connectivity index (χ3n) is 2.71. The largest absolute Gasteiger partial charge is 0.390 e. The fourth-order valence-electron chi connectivity index (χ4n) is 1.79. The van der Waals surface area contributed by atoms with E-state index >= 15 is 0 Å². The van der Waals surface area contributed by atoms with Gasteiger partial charge in [0.05, 0.1) is 5.71 Å². The zero-order valence-corrected chi connectivity index (χ0v) is 11.3. The van der Waals surface area contributed by atoms with Crippen molar-refractivity contribution in [2.24, 2.45) is 5.16 Å². The van der Waals surface area contributed by atoms with Crippen molar-refractivity contribution in [1.29, 1.82) is 0 Å². The predicted octanol–water partition coefficient (Wildman–Crippen LogP) is 2.65. The Balaban J connectivity index is 1.89. The van der Waals surface area contributed by atoms with Crippen molar-refractivity contribution in [1.82, 2.24) is 4.98 Å². The number of oxime groups is 1. The van der Waals surface area contributed by atoms with Gasteiger partial charge in [-0.25, -0.2) is 4.98 Å². The lowest BCUT2D eigenvalue weighted by molar-refractivity contribution is 0.000118. The van der Waals surface area contributed by atoms with Crippen LogP contribution in [-0.2, 0) is 4.84 Å². The summed E-state index contributed by atoms with van der Waals surface area (Å²) in [6.07, 6.45) is 3.59. The highest BCUT2D eigenvalue weighted by Crippen LogP contribution is 2.16. The Hall–Kier alpha value is -1.58. The van der Waals surface area contributed by atoms with E-state index in [0.29, 0.717) is 0 Å². The summed E-state index contributed by atoms with van der Waals surface area (Å²) in [6.45, 7) is 7.93. The molecule has 0 aliphatic carbocycles. The normalized spacial score (nSPS) is 16.6. The maximum atomic E-state index is 5.46. The summed E-state index contributed by atoms with van der Waals surface area (Å²) in [5, 5.41) is 4.25. The summed E-state index contributed by atoms with van der Waals surface area (Å²) in [5.74, 6) is 1.02. The SMILES string of the molecule is CC(C)(C)ON=C1CCN(c2cc[c]cn2)CC1. The van der Waals surface area contributed by atoms with Crippen LogP contribution in [0.4, 0.5) is 5.82 Å². The van der Waals surface area contributed by atoms with E-state index in [1.807, 2.05) is 32.9 Å². The minimum Gasteiger partial charge on any atom is -0.390 e. The first-order valence-electron chi connectivity index (χ1n) is 6.35. The van der Waals surface area contributed by atoms with Crippen molar-refractivity contribution in [3.8, 4) is 0 Å². The second-order valence-corrected chi connectivity index (χ2v) is 5.46. The molecule has 1 aliphatic rings. The van der Waals surface area contributed by atoms with Crippen LogP contribution in [-0.4, -0.2) is 29.4 Å². The summed E-state index contributed by atoms with van der Waals surface area (Å²) in [4.78, 5) is 12.0. The first-order chi connectivity index (χ1) is 8.54. The maximum absolute atomic E-state index is 5.46. The molecular formula is C14H20N3O. The lowest BCUT2D eigenvalue weighted by Crippen LogP contribution is -2.34. The fraction of sp³-hybridized carbons (Fsp3) is 0.571. The third-order valence-corrected chi connectivity index (χ3v) is 2.71. The summed E-state index contributed by atoms with van der Waals surface area (Å²) in [7, 11) is 0. The molecule has 1 aliphatic heterocycles. The summed E-state index contributed by atoms with van der Waals surface area (Å²) in [5.41, 5.74) is 0.935. The quantitative estimate of drug-likeness (QED) is 0.753. The molecule has 1 aromatic heterocycles. The molecule has 2 heterocycles. The van der Waals surface area contributed by atoms with E-state index in [1.54, 1.807) is 6.20 Å².